The Morgan fingerprint density at radius 2 is 0.684 bits per heavy atom. The van der Waals surface area contributed by atoms with Gasteiger partial charge in [-0.25, -0.2) is 55.1 Å². The molecule has 30 heteroatoms. The molecule has 8 aliphatic rings. The zero-order valence-corrected chi connectivity index (χ0v) is 59.9. The number of nitriles is 2. The van der Waals surface area contributed by atoms with Crippen molar-refractivity contribution in [2.75, 3.05) is 0 Å². The van der Waals surface area contributed by atoms with Crippen LogP contribution in [0.2, 0.25) is 0 Å². The number of nitrogens with zero attached hydrogens (tertiary/aromatic N) is 6. The van der Waals surface area contributed by atoms with Gasteiger partial charge in [-0.3, -0.25) is 24.9 Å². The minimum absolute atomic E-state index is 0. The topological polar surface area (TPSA) is 312 Å². The van der Waals surface area contributed by atoms with Crippen molar-refractivity contribution in [1.29, 1.82) is 10.5 Å². The molecule has 16 rings (SSSR count). The summed E-state index contributed by atoms with van der Waals surface area (Å²) in [6, 6.07) is 23.7. The van der Waals surface area contributed by atoms with Crippen molar-refractivity contribution in [3.63, 3.8) is 0 Å². The normalized spacial score (nSPS) is 20.3. The molecule has 0 radical (unpaired) electrons. The van der Waals surface area contributed by atoms with Gasteiger partial charge in [0.1, 0.15) is 106 Å². The van der Waals surface area contributed by atoms with Gasteiger partial charge in [0.15, 0.2) is 0 Å². The molecule has 472 valence electrons. The number of benzene rings is 4. The third-order valence-corrected chi connectivity index (χ3v) is 16.6. The van der Waals surface area contributed by atoms with Crippen molar-refractivity contribution in [1.82, 2.24) is 19.9 Å². The number of pyridine rings is 4. The van der Waals surface area contributed by atoms with Crippen molar-refractivity contribution in [3.8, 4) is 56.6 Å². The molecule has 4 aromatic carbocycles. The second-order valence-electron chi connectivity index (χ2n) is 21.8. The molecule has 12 heterocycles. The van der Waals surface area contributed by atoms with Crippen molar-refractivity contribution in [3.05, 3.63) is 211 Å². The molecule has 4 aromatic heterocycles. The summed E-state index contributed by atoms with van der Waals surface area (Å²) >= 11 is 2.50. The van der Waals surface area contributed by atoms with Crippen LogP contribution in [-0.4, -0.2) is 112 Å². The molecule has 8 atom stereocenters. The van der Waals surface area contributed by atoms with Crippen LogP contribution in [0.15, 0.2) is 97.1 Å². The van der Waals surface area contributed by atoms with Gasteiger partial charge in [-0.2, -0.15) is 10.5 Å². The minimum atomic E-state index is -0.688. The van der Waals surface area contributed by atoms with Crippen molar-refractivity contribution < 1.29 is 140 Å². The van der Waals surface area contributed by atoms with Gasteiger partial charge in [0.05, 0.1) is 47.2 Å². The van der Waals surface area contributed by atoms with Crippen LogP contribution in [0, 0.1) is 69.2 Å². The number of hydrogen-bond donors (Lipinski definition) is 4. The van der Waals surface area contributed by atoms with E-state index in [2.05, 4.69) is 24.8 Å². The Bertz CT molecular complexity index is 4130. The first kappa shape index (κ1) is 74.2. The van der Waals surface area contributed by atoms with Crippen LogP contribution in [0.1, 0.15) is 178 Å². The average Bonchev–Trinajstić information content (AvgIpc) is 1.65. The maximum absolute atomic E-state index is 14.2. The van der Waals surface area contributed by atoms with Gasteiger partial charge in [0.2, 0.25) is 0 Å². The Labute approximate surface area is 623 Å². The van der Waals surface area contributed by atoms with Crippen molar-refractivity contribution >= 4 is 81.4 Å². The summed E-state index contributed by atoms with van der Waals surface area (Å²) in [7, 11) is 0. The monoisotopic (exact) mass is 1380 g/mol. The third-order valence-electron chi connectivity index (χ3n) is 16.6. The number of nitrogens with two attached hydrogens (primary N) is 2. The van der Waals surface area contributed by atoms with E-state index in [-0.39, 0.29) is 152 Å². The number of primary amides is 2. The molecule has 0 saturated carbocycles. The predicted octanol–water partition coefficient (Wildman–Crippen LogP) is 8.37. The standard InChI is InChI=1S/2C16H12F2N2O2.2C16H10F2N2O.CH2O3.3K.H2O2/c2*17-7-1-2-8(10(18)5-7)9-6-11(16(19)21)20-15-13-4-3-12(22-13)14(9)15;2*17-8-1-2-10(12(18)5-8)11-6-9(7-19)20-16-14-4-3-13(21-14)15(11)16;2-1-4-3;;;;1-2/h2*1-2,5-6,12-13H,3-4H2,(H2,19,21);2*1-2,5-6,13-14H,3-4H2;1,3H;;;;1-2H/q;;;;;;;+1;/p-1/t2*12-,13+;2*13-,14+;;;;;/m1010...../s1. The van der Waals surface area contributed by atoms with Crippen molar-refractivity contribution in [2.24, 2.45) is 11.5 Å². The van der Waals surface area contributed by atoms with Gasteiger partial charge in [0.25, 0.3) is 18.3 Å². The van der Waals surface area contributed by atoms with Crippen LogP contribution in [0.5, 0.6) is 0 Å². The second kappa shape index (κ2) is 32.7. The van der Waals surface area contributed by atoms with E-state index in [4.69, 9.17) is 61.5 Å². The van der Waals surface area contributed by atoms with Gasteiger partial charge in [-0.05, 0) is 146 Å². The zero-order valence-electron chi connectivity index (χ0n) is 50.5. The first-order chi connectivity index (χ1) is 45.3. The molecule has 0 aliphatic carbocycles. The van der Waals surface area contributed by atoms with Crippen LogP contribution in [0.4, 0.5) is 35.1 Å². The quantitative estimate of drug-likeness (QED) is 0.0383. The van der Waals surface area contributed by atoms with Crippen LogP contribution >= 0.6 is 0 Å². The van der Waals surface area contributed by atoms with E-state index in [0.717, 1.165) is 109 Å². The summed E-state index contributed by atoms with van der Waals surface area (Å²) in [5.74, 6) is -6.59. The molecule has 4 saturated heterocycles. The molecule has 8 aliphatic heterocycles. The number of carbonyl (C=O) groups is 3. The fourth-order valence-electron chi connectivity index (χ4n) is 12.9. The van der Waals surface area contributed by atoms with E-state index in [1.165, 1.54) is 124 Å². The average molecular weight is 1390 g/mol. The van der Waals surface area contributed by atoms with Gasteiger partial charge >= 0.3 is 115 Å². The van der Waals surface area contributed by atoms with E-state index in [0.29, 0.717) is 33.6 Å². The maximum atomic E-state index is 14.2. The number of ether oxygens (including phenoxy) is 4. The Kier molecular flexibility index (Phi) is 25.6. The first-order valence-corrected chi connectivity index (χ1v) is 45.3. The van der Waals surface area contributed by atoms with Gasteiger partial charge < -0.3 is 40.6 Å². The van der Waals surface area contributed by atoms with Crippen LogP contribution < -0.4 is 68.1 Å². The molecule has 6 N–H and O–H groups in total. The summed E-state index contributed by atoms with van der Waals surface area (Å²) in [5, 5.41) is 38.7. The summed E-state index contributed by atoms with van der Waals surface area (Å²) in [6.07, 6.45) is 5.63. The van der Waals surface area contributed by atoms with E-state index in [1.54, 1.807) is 12.1 Å². The molecule has 95 heavy (non-hydrogen) atoms. The van der Waals surface area contributed by atoms with E-state index in [1.807, 2.05) is 12.1 Å². The second-order valence-corrected chi connectivity index (χ2v) is 21.8. The summed E-state index contributed by atoms with van der Waals surface area (Å²) in [5.41, 5.74) is 20.4. The molecular weight excluding hydrogens is 1340 g/mol. The summed E-state index contributed by atoms with van der Waals surface area (Å²) in [6.45, 7) is -0.181. The number of hydrogen-bond acceptors (Lipinski definition) is 17. The van der Waals surface area contributed by atoms with Gasteiger partial charge in [0, 0.05) is 68.8 Å². The molecule has 8 aromatic rings. The number of carbonyl (C=O) groups excluding carboxylic acids is 3. The molecule has 0 spiro atoms. The van der Waals surface area contributed by atoms with Gasteiger partial charge in [-0.15, -0.1) is 0 Å². The van der Waals surface area contributed by atoms with E-state index < -0.39 is 58.4 Å². The van der Waals surface area contributed by atoms with Crippen LogP contribution in [-0.2, 0) is 28.6 Å². The third kappa shape index (κ3) is 15.5. The Hall–Kier alpha value is -5.06. The molecular formula is C65H47F8K3N8O11. The molecule has 4 fully saturated rings. The summed E-state index contributed by atoms with van der Waals surface area (Å²) in [4.78, 5) is 51.4. The summed E-state index contributed by atoms with van der Waals surface area (Å²) < 4.78 is 132. The van der Waals surface area contributed by atoms with Crippen molar-refractivity contribution in [2.45, 2.75) is 100 Å². The molecule has 0 unspecified atom stereocenters. The van der Waals surface area contributed by atoms with E-state index in [9.17, 15) is 44.7 Å². The fourth-order valence-corrected chi connectivity index (χ4v) is 12.9. The molecule has 2 amide bonds. The molecule has 8 bridgehead atoms. The SMILES string of the molecule is N#Cc1cc(-c2ccc(F)cc2F)c2c(n1)[C@@H]1CC[C@H]2O1.N#Cc1cc(-c2ccc(F)cc2F)c2c(n1)[C@H]1CC[C@@H]2O1.NC(=O)c1cc(-c2ccc(F)cc2F)c2c(n1)[C@@H]1CC[C@H]2O1.NC(=O)c1cc(-c2ccc(F)cc2F)c2c(n1)[C@H]1CC[C@@H]2O1.O=CO[O-].OO.[K+].[K][K]. The molecule has 19 nitrogen and oxygen atoms in total. The van der Waals surface area contributed by atoms with Crippen LogP contribution in [0.25, 0.3) is 44.5 Å². The van der Waals surface area contributed by atoms with Crippen LogP contribution in [0.3, 0.4) is 0 Å². The zero-order chi connectivity index (χ0) is 67.4. The Balaban J connectivity index is 0.000000143. The number of halogens is 8. The number of rotatable bonds is 7. The predicted molar refractivity (Wildman–Crippen MR) is 312 cm³/mol. The number of fused-ring (bicyclic) bond motifs is 20. The number of amides is 2. The fraction of sp³-hybridized carbons (Fsp3) is 0.246. The van der Waals surface area contributed by atoms with Gasteiger partial charge in [-0.1, -0.05) is 0 Å². The Morgan fingerprint density at radius 1 is 0.453 bits per heavy atom. The first-order valence-electron chi connectivity index (χ1n) is 29.3. The Morgan fingerprint density at radius 3 is 0.905 bits per heavy atom. The number of aromatic nitrogens is 4. The van der Waals surface area contributed by atoms with E-state index >= 15 is 0 Å².